The molecule has 0 unspecified atom stereocenters. The van der Waals surface area contributed by atoms with Crippen LogP contribution in [0.5, 0.6) is 0 Å². The third-order valence-electron chi connectivity index (χ3n) is 5.12. The average molecular weight is 397 g/mol. The van der Waals surface area contributed by atoms with Crippen LogP contribution >= 0.6 is 0 Å². The Kier molecular flexibility index (Phi) is 6.11. The number of amides is 1. The summed E-state index contributed by atoms with van der Waals surface area (Å²) in [5.74, 6) is -0.956. The molecule has 0 aromatic heterocycles. The lowest BCUT2D eigenvalue weighted by Gasteiger charge is -2.30. The summed E-state index contributed by atoms with van der Waals surface area (Å²) in [6.07, 6.45) is 3.15. The normalized spacial score (nSPS) is 13.7. The molecule has 1 heterocycles. The van der Waals surface area contributed by atoms with Crippen LogP contribution in [-0.2, 0) is 4.74 Å². The fourth-order valence-electron chi connectivity index (χ4n) is 3.52. The van der Waals surface area contributed by atoms with Gasteiger partial charge in [-0.25, -0.2) is 4.79 Å². The van der Waals surface area contributed by atoms with Gasteiger partial charge in [0, 0.05) is 30.9 Å². The quantitative estimate of drug-likeness (QED) is 0.466. The summed E-state index contributed by atoms with van der Waals surface area (Å²) < 4.78 is 4.77. The van der Waals surface area contributed by atoms with Crippen LogP contribution in [0, 0.1) is 17.0 Å². The van der Waals surface area contributed by atoms with Crippen molar-refractivity contribution in [2.24, 2.45) is 0 Å². The van der Waals surface area contributed by atoms with E-state index in [1.54, 1.807) is 31.2 Å². The van der Waals surface area contributed by atoms with Gasteiger partial charge in [-0.05, 0) is 49.9 Å². The summed E-state index contributed by atoms with van der Waals surface area (Å²) in [5, 5.41) is 14.0. The molecular formula is C21H23N3O5. The second-order valence-corrected chi connectivity index (χ2v) is 6.93. The number of benzene rings is 2. The number of hydrogen-bond donors (Lipinski definition) is 1. The van der Waals surface area contributed by atoms with Gasteiger partial charge in [-0.3, -0.25) is 14.9 Å². The highest BCUT2D eigenvalue weighted by Gasteiger charge is 2.23. The minimum atomic E-state index is -0.514. The van der Waals surface area contributed by atoms with Crippen molar-refractivity contribution < 1.29 is 19.2 Å². The molecule has 1 aliphatic heterocycles. The summed E-state index contributed by atoms with van der Waals surface area (Å²) in [4.78, 5) is 37.8. The predicted molar refractivity (Wildman–Crippen MR) is 110 cm³/mol. The van der Waals surface area contributed by atoms with Gasteiger partial charge in [0.1, 0.15) is 0 Å². The largest absolute Gasteiger partial charge is 0.465 e. The molecule has 0 aliphatic carbocycles. The number of non-ortho nitro benzene ring substituents is 1. The second-order valence-electron chi connectivity index (χ2n) is 6.93. The zero-order valence-electron chi connectivity index (χ0n) is 16.4. The van der Waals surface area contributed by atoms with Gasteiger partial charge in [-0.15, -0.1) is 0 Å². The number of nitro benzene ring substituents is 1. The number of nitrogens with one attached hydrogen (secondary N) is 1. The zero-order chi connectivity index (χ0) is 21.0. The SMILES string of the molecule is COC(=O)c1cccc(NC(=O)c2cc([N+](=O)[O-])ccc2N2CCCCC2)c1C. The first kappa shape index (κ1) is 20.3. The van der Waals surface area contributed by atoms with Gasteiger partial charge < -0.3 is 15.0 Å². The van der Waals surface area contributed by atoms with E-state index in [-0.39, 0.29) is 11.3 Å². The van der Waals surface area contributed by atoms with Crippen molar-refractivity contribution >= 4 is 28.9 Å². The van der Waals surface area contributed by atoms with E-state index < -0.39 is 16.8 Å². The lowest BCUT2D eigenvalue weighted by Crippen LogP contribution is -2.31. The minimum Gasteiger partial charge on any atom is -0.465 e. The first-order valence-electron chi connectivity index (χ1n) is 9.45. The molecule has 2 aromatic carbocycles. The van der Waals surface area contributed by atoms with Crippen LogP contribution in [0.15, 0.2) is 36.4 Å². The number of carbonyl (C=O) groups excluding carboxylic acids is 2. The summed E-state index contributed by atoms with van der Waals surface area (Å²) in [7, 11) is 1.29. The Labute approximate surface area is 168 Å². The highest BCUT2D eigenvalue weighted by atomic mass is 16.6. The fourth-order valence-corrected chi connectivity index (χ4v) is 3.52. The molecule has 1 fully saturated rings. The van der Waals surface area contributed by atoms with E-state index >= 15 is 0 Å². The summed E-state index contributed by atoms with van der Waals surface area (Å²) >= 11 is 0. The fraction of sp³-hybridized carbons (Fsp3) is 0.333. The van der Waals surface area contributed by atoms with Crippen LogP contribution in [0.25, 0.3) is 0 Å². The smallest absolute Gasteiger partial charge is 0.338 e. The third kappa shape index (κ3) is 4.37. The highest BCUT2D eigenvalue weighted by Crippen LogP contribution is 2.29. The van der Waals surface area contributed by atoms with Crippen molar-refractivity contribution in [1.82, 2.24) is 0 Å². The van der Waals surface area contributed by atoms with E-state index in [0.29, 0.717) is 22.5 Å². The standard InChI is InChI=1S/C21H23N3O5/c1-14-16(21(26)29-2)7-6-8-18(14)22-20(25)17-13-15(24(27)28)9-10-19(17)23-11-4-3-5-12-23/h6-10,13H,3-5,11-12H2,1-2H3,(H,22,25). The molecule has 0 bridgehead atoms. The number of esters is 1. The van der Waals surface area contributed by atoms with E-state index in [1.165, 1.54) is 19.2 Å². The van der Waals surface area contributed by atoms with E-state index in [9.17, 15) is 19.7 Å². The molecule has 1 amide bonds. The Hall–Kier alpha value is -3.42. The molecule has 3 rings (SSSR count). The number of piperidine rings is 1. The molecule has 2 aromatic rings. The van der Waals surface area contributed by atoms with Gasteiger partial charge in [0.05, 0.1) is 28.8 Å². The molecule has 1 aliphatic rings. The van der Waals surface area contributed by atoms with Crippen LogP contribution in [-0.4, -0.2) is 37.0 Å². The van der Waals surface area contributed by atoms with Gasteiger partial charge >= 0.3 is 5.97 Å². The number of nitrogens with zero attached hydrogens (tertiary/aromatic N) is 2. The monoisotopic (exact) mass is 397 g/mol. The van der Waals surface area contributed by atoms with Gasteiger partial charge in [0.2, 0.25) is 0 Å². The molecule has 1 N–H and O–H groups in total. The molecule has 0 atom stereocenters. The van der Waals surface area contributed by atoms with Gasteiger partial charge in [-0.2, -0.15) is 0 Å². The van der Waals surface area contributed by atoms with Gasteiger partial charge in [0.15, 0.2) is 0 Å². The molecule has 8 heteroatoms. The third-order valence-corrected chi connectivity index (χ3v) is 5.12. The van der Waals surface area contributed by atoms with E-state index in [1.807, 2.05) is 0 Å². The Morgan fingerprint density at radius 1 is 1.10 bits per heavy atom. The van der Waals surface area contributed by atoms with Crippen molar-refractivity contribution in [3.05, 3.63) is 63.2 Å². The van der Waals surface area contributed by atoms with Crippen molar-refractivity contribution in [1.29, 1.82) is 0 Å². The Morgan fingerprint density at radius 2 is 1.83 bits per heavy atom. The van der Waals surface area contributed by atoms with Crippen LogP contribution in [0.2, 0.25) is 0 Å². The van der Waals surface area contributed by atoms with Crippen LogP contribution < -0.4 is 10.2 Å². The summed E-state index contributed by atoms with van der Waals surface area (Å²) in [5.41, 5.74) is 2.14. The van der Waals surface area contributed by atoms with E-state index in [0.717, 1.165) is 32.4 Å². The number of methoxy groups -OCH3 is 1. The average Bonchev–Trinajstić information content (AvgIpc) is 2.74. The molecular weight excluding hydrogens is 374 g/mol. The Balaban J connectivity index is 1.96. The lowest BCUT2D eigenvalue weighted by molar-refractivity contribution is -0.384. The van der Waals surface area contributed by atoms with Crippen molar-refractivity contribution in [2.45, 2.75) is 26.2 Å². The number of carbonyl (C=O) groups is 2. The van der Waals surface area contributed by atoms with E-state index in [2.05, 4.69) is 10.2 Å². The first-order valence-corrected chi connectivity index (χ1v) is 9.45. The van der Waals surface area contributed by atoms with Gasteiger partial charge in [-0.1, -0.05) is 6.07 Å². The molecule has 152 valence electrons. The molecule has 0 spiro atoms. The molecule has 0 saturated carbocycles. The predicted octanol–water partition coefficient (Wildman–Crippen LogP) is 3.93. The summed E-state index contributed by atoms with van der Waals surface area (Å²) in [6.45, 7) is 3.31. The molecule has 0 radical (unpaired) electrons. The number of anilines is 2. The van der Waals surface area contributed by atoms with Crippen LogP contribution in [0.1, 0.15) is 45.5 Å². The molecule has 1 saturated heterocycles. The van der Waals surface area contributed by atoms with Crippen molar-refractivity contribution in [2.75, 3.05) is 30.4 Å². The maximum Gasteiger partial charge on any atom is 0.338 e. The highest BCUT2D eigenvalue weighted by molar-refractivity contribution is 6.09. The number of hydrogen-bond acceptors (Lipinski definition) is 6. The Morgan fingerprint density at radius 3 is 2.48 bits per heavy atom. The first-order chi connectivity index (χ1) is 13.9. The maximum atomic E-state index is 13.1. The zero-order valence-corrected chi connectivity index (χ0v) is 16.4. The number of rotatable bonds is 5. The van der Waals surface area contributed by atoms with Crippen molar-refractivity contribution in [3.8, 4) is 0 Å². The van der Waals surface area contributed by atoms with Crippen molar-refractivity contribution in [3.63, 3.8) is 0 Å². The minimum absolute atomic E-state index is 0.143. The topological polar surface area (TPSA) is 102 Å². The van der Waals surface area contributed by atoms with Gasteiger partial charge in [0.25, 0.3) is 11.6 Å². The number of nitro groups is 1. The lowest BCUT2D eigenvalue weighted by atomic mass is 10.0. The Bertz CT molecular complexity index is 951. The number of ether oxygens (including phenoxy) is 1. The van der Waals surface area contributed by atoms with Crippen LogP contribution in [0.3, 0.4) is 0 Å². The summed E-state index contributed by atoms with van der Waals surface area (Å²) in [6, 6.07) is 9.30. The van der Waals surface area contributed by atoms with Crippen LogP contribution in [0.4, 0.5) is 17.1 Å². The van der Waals surface area contributed by atoms with E-state index in [4.69, 9.17) is 4.74 Å². The second kappa shape index (κ2) is 8.72. The maximum absolute atomic E-state index is 13.1. The molecule has 29 heavy (non-hydrogen) atoms. The molecule has 8 nitrogen and oxygen atoms in total.